The molecule has 2 rings (SSSR count). The van der Waals surface area contributed by atoms with Crippen LogP contribution in [-0.2, 0) is 26.2 Å². The zero-order chi connectivity index (χ0) is 24.8. The third-order valence-electron chi connectivity index (χ3n) is 4.99. The molecule has 8 nitrogen and oxygen atoms in total. The number of anilines is 1. The second kappa shape index (κ2) is 11.3. The Kier molecular flexibility index (Phi) is 9.07. The van der Waals surface area contributed by atoms with Gasteiger partial charge in [0.05, 0.1) is 24.1 Å². The van der Waals surface area contributed by atoms with Crippen molar-refractivity contribution in [1.82, 2.24) is 10.2 Å². The van der Waals surface area contributed by atoms with E-state index >= 15 is 0 Å². The summed E-state index contributed by atoms with van der Waals surface area (Å²) in [6.45, 7) is 1.20. The zero-order valence-corrected chi connectivity index (χ0v) is 20.4. The summed E-state index contributed by atoms with van der Waals surface area (Å²) < 4.78 is 44.6. The number of carbonyl (C=O) groups excluding carboxylic acids is 2. The fraction of sp³-hybridized carbons (Fsp3) is 0.364. The molecule has 0 bridgehead atoms. The standard InChI is InChI=1S/C22H27ClFN3O5S/c1-5-20(22(29)25-2)26(13-15-7-6-8-17(11-15)32-3)21(28)14-27(33(4,30)31)16-9-10-19(24)18(23)12-16/h6-12,20H,5,13-14H2,1-4H3,(H,25,29)/t20-/m0/s1. The average Bonchev–Trinajstić information content (AvgIpc) is 2.78. The van der Waals surface area contributed by atoms with Crippen LogP contribution in [0.1, 0.15) is 18.9 Å². The van der Waals surface area contributed by atoms with Gasteiger partial charge in [-0.2, -0.15) is 0 Å². The first-order chi connectivity index (χ1) is 15.5. The molecule has 2 amide bonds. The lowest BCUT2D eigenvalue weighted by Crippen LogP contribution is -2.51. The van der Waals surface area contributed by atoms with Gasteiger partial charge in [0, 0.05) is 13.6 Å². The fourth-order valence-electron chi connectivity index (χ4n) is 3.31. The molecule has 1 N–H and O–H groups in total. The zero-order valence-electron chi connectivity index (χ0n) is 18.8. The monoisotopic (exact) mass is 499 g/mol. The van der Waals surface area contributed by atoms with Gasteiger partial charge in [0.25, 0.3) is 0 Å². The van der Waals surface area contributed by atoms with Gasteiger partial charge >= 0.3 is 0 Å². The van der Waals surface area contributed by atoms with Gasteiger partial charge in [0.2, 0.25) is 21.8 Å². The van der Waals surface area contributed by atoms with Crippen molar-refractivity contribution < 1.29 is 27.1 Å². The molecule has 0 saturated heterocycles. The van der Waals surface area contributed by atoms with Crippen molar-refractivity contribution in [3.05, 3.63) is 58.9 Å². The number of carbonyl (C=O) groups is 2. The van der Waals surface area contributed by atoms with E-state index in [2.05, 4.69) is 5.32 Å². The third-order valence-corrected chi connectivity index (χ3v) is 6.42. The van der Waals surface area contributed by atoms with Crippen LogP contribution in [0.25, 0.3) is 0 Å². The number of hydrogen-bond acceptors (Lipinski definition) is 5. The Balaban J connectivity index is 2.45. The second-order valence-electron chi connectivity index (χ2n) is 7.28. The molecule has 0 aliphatic rings. The van der Waals surface area contributed by atoms with E-state index in [9.17, 15) is 22.4 Å². The first kappa shape index (κ1) is 26.4. The Morgan fingerprint density at radius 2 is 1.91 bits per heavy atom. The first-order valence-electron chi connectivity index (χ1n) is 10.1. The number of likely N-dealkylation sites (N-methyl/N-ethyl adjacent to an activating group) is 1. The topological polar surface area (TPSA) is 96.0 Å². The van der Waals surface area contributed by atoms with E-state index in [1.165, 1.54) is 25.1 Å². The quantitative estimate of drug-likeness (QED) is 0.542. The molecule has 0 unspecified atom stereocenters. The highest BCUT2D eigenvalue weighted by molar-refractivity contribution is 7.92. The summed E-state index contributed by atoms with van der Waals surface area (Å²) in [5, 5.41) is 2.26. The molecule has 33 heavy (non-hydrogen) atoms. The molecule has 0 saturated carbocycles. The number of amides is 2. The van der Waals surface area contributed by atoms with Gasteiger partial charge in [-0.3, -0.25) is 13.9 Å². The van der Waals surface area contributed by atoms with Crippen LogP contribution >= 0.6 is 11.6 Å². The Labute approximate surface area is 198 Å². The van der Waals surface area contributed by atoms with Crippen molar-refractivity contribution in [3.63, 3.8) is 0 Å². The number of hydrogen-bond donors (Lipinski definition) is 1. The molecule has 0 aromatic heterocycles. The normalized spacial score (nSPS) is 12.1. The molecule has 2 aromatic carbocycles. The first-order valence-corrected chi connectivity index (χ1v) is 12.3. The number of nitrogens with zero attached hydrogens (tertiary/aromatic N) is 2. The minimum Gasteiger partial charge on any atom is -0.497 e. The number of sulfonamides is 1. The van der Waals surface area contributed by atoms with Crippen LogP contribution in [0.15, 0.2) is 42.5 Å². The lowest BCUT2D eigenvalue weighted by molar-refractivity contribution is -0.140. The lowest BCUT2D eigenvalue weighted by atomic mass is 10.1. The van der Waals surface area contributed by atoms with E-state index in [4.69, 9.17) is 16.3 Å². The van der Waals surface area contributed by atoms with Crippen LogP contribution in [0.5, 0.6) is 5.75 Å². The maximum atomic E-state index is 13.6. The predicted molar refractivity (Wildman–Crippen MR) is 125 cm³/mol. The van der Waals surface area contributed by atoms with E-state index in [0.29, 0.717) is 17.7 Å². The lowest BCUT2D eigenvalue weighted by Gasteiger charge is -2.32. The third kappa shape index (κ3) is 6.82. The molecule has 0 aliphatic carbocycles. The minimum absolute atomic E-state index is 0.0339. The van der Waals surface area contributed by atoms with Gasteiger partial charge < -0.3 is 15.0 Å². The summed E-state index contributed by atoms with van der Waals surface area (Å²) in [6, 6.07) is 9.53. The van der Waals surface area contributed by atoms with Crippen molar-refractivity contribution in [2.24, 2.45) is 0 Å². The highest BCUT2D eigenvalue weighted by Gasteiger charge is 2.31. The molecule has 0 fully saturated rings. The van der Waals surface area contributed by atoms with Crippen molar-refractivity contribution >= 4 is 39.1 Å². The summed E-state index contributed by atoms with van der Waals surface area (Å²) >= 11 is 5.82. The summed E-state index contributed by atoms with van der Waals surface area (Å²) in [4.78, 5) is 27.2. The number of benzene rings is 2. The van der Waals surface area contributed by atoms with Crippen molar-refractivity contribution in [2.75, 3.05) is 31.3 Å². The molecule has 0 radical (unpaired) electrons. The van der Waals surface area contributed by atoms with Crippen LogP contribution in [0.4, 0.5) is 10.1 Å². The Morgan fingerprint density at radius 1 is 1.21 bits per heavy atom. The van der Waals surface area contributed by atoms with Crippen LogP contribution in [0.2, 0.25) is 5.02 Å². The number of nitrogens with one attached hydrogen (secondary N) is 1. The van der Waals surface area contributed by atoms with Gasteiger partial charge in [0.1, 0.15) is 24.2 Å². The molecular weight excluding hydrogens is 473 g/mol. The molecule has 0 aliphatic heterocycles. The van der Waals surface area contributed by atoms with Gasteiger partial charge in [-0.15, -0.1) is 0 Å². The maximum Gasteiger partial charge on any atom is 0.244 e. The molecule has 1 atom stereocenters. The molecule has 0 heterocycles. The summed E-state index contributed by atoms with van der Waals surface area (Å²) in [7, 11) is -0.960. The predicted octanol–water partition coefficient (Wildman–Crippen LogP) is 2.81. The number of methoxy groups -OCH3 is 1. The summed E-state index contributed by atoms with van der Waals surface area (Å²) in [5.41, 5.74) is 0.729. The van der Waals surface area contributed by atoms with Crippen molar-refractivity contribution in [2.45, 2.75) is 25.9 Å². The van der Waals surface area contributed by atoms with Gasteiger partial charge in [-0.05, 0) is 42.3 Å². The summed E-state index contributed by atoms with van der Waals surface area (Å²) in [5.74, 6) is -1.14. The maximum absolute atomic E-state index is 13.6. The molecule has 11 heteroatoms. The minimum atomic E-state index is -3.93. The Hall–Kier alpha value is -2.85. The Bertz CT molecular complexity index is 1110. The van der Waals surface area contributed by atoms with Crippen LogP contribution in [-0.4, -0.2) is 58.1 Å². The van der Waals surface area contributed by atoms with E-state index in [1.807, 2.05) is 0 Å². The highest BCUT2D eigenvalue weighted by atomic mass is 35.5. The second-order valence-corrected chi connectivity index (χ2v) is 9.59. The summed E-state index contributed by atoms with van der Waals surface area (Å²) in [6.07, 6.45) is 1.23. The molecular formula is C22H27ClFN3O5S. The van der Waals surface area contributed by atoms with Gasteiger partial charge in [-0.1, -0.05) is 30.7 Å². The van der Waals surface area contributed by atoms with E-state index in [-0.39, 0.29) is 23.2 Å². The molecule has 2 aromatic rings. The smallest absolute Gasteiger partial charge is 0.244 e. The fourth-order valence-corrected chi connectivity index (χ4v) is 4.32. The van der Waals surface area contributed by atoms with Crippen molar-refractivity contribution in [1.29, 1.82) is 0 Å². The van der Waals surface area contributed by atoms with Crippen LogP contribution < -0.4 is 14.4 Å². The SMILES string of the molecule is CC[C@@H](C(=O)NC)N(Cc1cccc(OC)c1)C(=O)CN(c1ccc(F)c(Cl)c1)S(C)(=O)=O. The van der Waals surface area contributed by atoms with E-state index < -0.39 is 34.3 Å². The Morgan fingerprint density at radius 3 is 2.45 bits per heavy atom. The number of halogens is 2. The number of ether oxygens (including phenoxy) is 1. The van der Waals surface area contributed by atoms with Crippen molar-refractivity contribution in [3.8, 4) is 5.75 Å². The van der Waals surface area contributed by atoms with Crippen LogP contribution in [0, 0.1) is 5.82 Å². The van der Waals surface area contributed by atoms with E-state index in [0.717, 1.165) is 22.7 Å². The number of rotatable bonds is 10. The van der Waals surface area contributed by atoms with E-state index in [1.54, 1.807) is 31.2 Å². The largest absolute Gasteiger partial charge is 0.497 e. The molecule has 0 spiro atoms. The van der Waals surface area contributed by atoms with Gasteiger partial charge in [0.15, 0.2) is 0 Å². The highest BCUT2D eigenvalue weighted by Crippen LogP contribution is 2.25. The van der Waals surface area contributed by atoms with Crippen LogP contribution in [0.3, 0.4) is 0 Å². The average molecular weight is 500 g/mol. The van der Waals surface area contributed by atoms with Gasteiger partial charge in [-0.25, -0.2) is 12.8 Å². The molecule has 180 valence electrons.